The molecule has 0 saturated carbocycles. The standard InChI is InChI=1S/C48H31N5/c1-3-10-34(11-4-1)46-41-23-21-38-36-14-7-15-39(44-18-8-16-42(51-44)32-24-28-49-29-25-32)37(36)20-22-40(38)48(41)53(47(46)35-12-5-2-6-13-35)45-19-9-17-43(52-45)33-26-30-50-31-27-33/h1-31H. The van der Waals surface area contributed by atoms with Crippen LogP contribution in [0.1, 0.15) is 0 Å². The Kier molecular flexibility index (Phi) is 7.40. The molecule has 10 aromatic rings. The van der Waals surface area contributed by atoms with Crippen LogP contribution < -0.4 is 0 Å². The maximum atomic E-state index is 5.34. The Balaban J connectivity index is 1.28. The molecule has 53 heavy (non-hydrogen) atoms. The summed E-state index contributed by atoms with van der Waals surface area (Å²) in [7, 11) is 0. The van der Waals surface area contributed by atoms with Gasteiger partial charge in [-0.25, -0.2) is 9.97 Å². The molecule has 0 aliphatic carbocycles. The average Bonchev–Trinajstić information content (AvgIpc) is 3.60. The molecule has 0 aliphatic heterocycles. The molecule has 0 bridgehead atoms. The maximum absolute atomic E-state index is 5.34. The van der Waals surface area contributed by atoms with Gasteiger partial charge >= 0.3 is 0 Å². The molecule has 0 aliphatic rings. The summed E-state index contributed by atoms with van der Waals surface area (Å²) in [5.74, 6) is 0.851. The van der Waals surface area contributed by atoms with Crippen LogP contribution in [-0.2, 0) is 0 Å². The van der Waals surface area contributed by atoms with Gasteiger partial charge in [-0.05, 0) is 75.8 Å². The molecule has 0 atom stereocenters. The summed E-state index contributed by atoms with van der Waals surface area (Å²) in [6, 6.07) is 57.6. The molecule has 0 spiro atoms. The van der Waals surface area contributed by atoms with Crippen molar-refractivity contribution in [3.8, 4) is 62.0 Å². The molecule has 5 heterocycles. The normalized spacial score (nSPS) is 11.4. The highest BCUT2D eigenvalue weighted by atomic mass is 15.1. The zero-order valence-corrected chi connectivity index (χ0v) is 28.6. The Morgan fingerprint density at radius 3 is 1.60 bits per heavy atom. The van der Waals surface area contributed by atoms with Gasteiger partial charge in [0.05, 0.1) is 28.3 Å². The van der Waals surface area contributed by atoms with E-state index in [0.717, 1.165) is 72.7 Å². The van der Waals surface area contributed by atoms with E-state index in [2.05, 4.69) is 154 Å². The fourth-order valence-electron chi connectivity index (χ4n) is 7.67. The molecule has 0 radical (unpaired) electrons. The van der Waals surface area contributed by atoms with Crippen molar-refractivity contribution in [1.29, 1.82) is 0 Å². The van der Waals surface area contributed by atoms with Gasteiger partial charge in [-0.15, -0.1) is 0 Å². The molecule has 0 N–H and O–H groups in total. The predicted molar refractivity (Wildman–Crippen MR) is 217 cm³/mol. The highest BCUT2D eigenvalue weighted by Crippen LogP contribution is 2.46. The van der Waals surface area contributed by atoms with E-state index in [1.165, 1.54) is 21.7 Å². The van der Waals surface area contributed by atoms with Crippen molar-refractivity contribution >= 4 is 32.4 Å². The van der Waals surface area contributed by atoms with Crippen LogP contribution in [0.25, 0.3) is 94.4 Å². The predicted octanol–water partition coefficient (Wildman–Crippen LogP) is 11.9. The van der Waals surface area contributed by atoms with E-state index in [0.29, 0.717) is 0 Å². The second-order valence-corrected chi connectivity index (χ2v) is 13.1. The van der Waals surface area contributed by atoms with Crippen LogP contribution in [0.2, 0.25) is 0 Å². The van der Waals surface area contributed by atoms with E-state index in [1.54, 1.807) is 0 Å². The van der Waals surface area contributed by atoms with Gasteiger partial charge in [0.1, 0.15) is 5.82 Å². The molecular formula is C48H31N5. The van der Waals surface area contributed by atoms with Crippen molar-refractivity contribution in [3.05, 3.63) is 189 Å². The van der Waals surface area contributed by atoms with Crippen LogP contribution in [-0.4, -0.2) is 24.5 Å². The number of hydrogen-bond acceptors (Lipinski definition) is 4. The molecule has 0 unspecified atom stereocenters. The first kappa shape index (κ1) is 30.6. The minimum Gasteiger partial charge on any atom is -0.293 e. The SMILES string of the molecule is c1ccc(-c2c(-c3ccccc3)n(-c3cccc(-c4ccncc4)n3)c3c2ccc2c4cccc(-c5cccc(-c6ccncc6)n5)c4ccc23)cc1. The van der Waals surface area contributed by atoms with Crippen molar-refractivity contribution in [3.63, 3.8) is 0 Å². The van der Waals surface area contributed by atoms with Gasteiger partial charge < -0.3 is 0 Å². The minimum absolute atomic E-state index is 0.851. The van der Waals surface area contributed by atoms with E-state index in [-0.39, 0.29) is 0 Å². The Hall–Kier alpha value is -7.24. The third-order valence-corrected chi connectivity index (χ3v) is 10.0. The van der Waals surface area contributed by atoms with Gasteiger partial charge in [-0.3, -0.25) is 14.5 Å². The molecule has 0 fully saturated rings. The summed E-state index contributed by atoms with van der Waals surface area (Å²) < 4.78 is 2.37. The lowest BCUT2D eigenvalue weighted by Gasteiger charge is -2.15. The van der Waals surface area contributed by atoms with Crippen LogP contribution in [0, 0.1) is 0 Å². The Morgan fingerprint density at radius 1 is 0.340 bits per heavy atom. The fourth-order valence-corrected chi connectivity index (χ4v) is 7.67. The molecule has 0 amide bonds. The van der Waals surface area contributed by atoms with Crippen molar-refractivity contribution in [1.82, 2.24) is 24.5 Å². The zero-order chi connectivity index (χ0) is 35.1. The van der Waals surface area contributed by atoms with Gasteiger partial charge in [0, 0.05) is 57.8 Å². The van der Waals surface area contributed by atoms with Crippen molar-refractivity contribution in [2.75, 3.05) is 0 Å². The quantitative estimate of drug-likeness (QED) is 0.164. The van der Waals surface area contributed by atoms with Crippen molar-refractivity contribution < 1.29 is 0 Å². The van der Waals surface area contributed by atoms with Gasteiger partial charge in [0.15, 0.2) is 0 Å². The molecule has 5 aromatic carbocycles. The first-order valence-electron chi connectivity index (χ1n) is 17.7. The maximum Gasteiger partial charge on any atom is 0.138 e. The van der Waals surface area contributed by atoms with E-state index < -0.39 is 0 Å². The number of aromatic nitrogens is 5. The second kappa shape index (κ2) is 12.8. The monoisotopic (exact) mass is 677 g/mol. The highest BCUT2D eigenvalue weighted by molar-refractivity contribution is 6.22. The van der Waals surface area contributed by atoms with Gasteiger partial charge in [0.25, 0.3) is 0 Å². The summed E-state index contributed by atoms with van der Waals surface area (Å²) in [5, 5.41) is 5.82. The van der Waals surface area contributed by atoms with E-state index in [9.17, 15) is 0 Å². The van der Waals surface area contributed by atoms with E-state index in [1.807, 2.05) is 49.1 Å². The van der Waals surface area contributed by atoms with Crippen molar-refractivity contribution in [2.45, 2.75) is 0 Å². The van der Waals surface area contributed by atoms with E-state index in [4.69, 9.17) is 9.97 Å². The molecule has 0 saturated heterocycles. The lowest BCUT2D eigenvalue weighted by Crippen LogP contribution is -2.02. The highest BCUT2D eigenvalue weighted by Gasteiger charge is 2.24. The zero-order valence-electron chi connectivity index (χ0n) is 28.6. The molecule has 10 rings (SSSR count). The summed E-state index contributed by atoms with van der Waals surface area (Å²) in [4.78, 5) is 18.9. The van der Waals surface area contributed by atoms with Gasteiger partial charge in [0.2, 0.25) is 0 Å². The smallest absolute Gasteiger partial charge is 0.138 e. The third-order valence-electron chi connectivity index (χ3n) is 10.0. The lowest BCUT2D eigenvalue weighted by molar-refractivity contribution is 1.06. The number of rotatable bonds is 6. The number of nitrogens with zero attached hydrogens (tertiary/aromatic N) is 5. The Labute approximate surface area is 306 Å². The Morgan fingerprint density at radius 2 is 0.887 bits per heavy atom. The van der Waals surface area contributed by atoms with E-state index >= 15 is 0 Å². The van der Waals surface area contributed by atoms with Crippen molar-refractivity contribution in [2.24, 2.45) is 0 Å². The number of pyridine rings is 4. The second-order valence-electron chi connectivity index (χ2n) is 13.1. The molecular weight excluding hydrogens is 647 g/mol. The van der Waals surface area contributed by atoms with Crippen LogP contribution in [0.3, 0.4) is 0 Å². The summed E-state index contributed by atoms with van der Waals surface area (Å²) in [5.41, 5.74) is 11.6. The van der Waals surface area contributed by atoms with Crippen LogP contribution in [0.15, 0.2) is 189 Å². The topological polar surface area (TPSA) is 56.5 Å². The van der Waals surface area contributed by atoms with Crippen LogP contribution in [0.5, 0.6) is 0 Å². The van der Waals surface area contributed by atoms with Crippen LogP contribution in [0.4, 0.5) is 0 Å². The number of hydrogen-bond donors (Lipinski definition) is 0. The summed E-state index contributed by atoms with van der Waals surface area (Å²) >= 11 is 0. The largest absolute Gasteiger partial charge is 0.293 e. The first-order valence-corrected chi connectivity index (χ1v) is 17.7. The summed E-state index contributed by atoms with van der Waals surface area (Å²) in [6.07, 6.45) is 7.24. The van der Waals surface area contributed by atoms with Gasteiger partial charge in [-0.1, -0.05) is 115 Å². The number of fused-ring (bicyclic) bond motifs is 5. The summed E-state index contributed by atoms with van der Waals surface area (Å²) in [6.45, 7) is 0. The fraction of sp³-hybridized carbons (Fsp3) is 0. The Bertz CT molecular complexity index is 2920. The minimum atomic E-state index is 0.851. The van der Waals surface area contributed by atoms with Gasteiger partial charge in [-0.2, -0.15) is 0 Å². The van der Waals surface area contributed by atoms with Crippen LogP contribution >= 0.6 is 0 Å². The number of benzene rings is 5. The average molecular weight is 678 g/mol. The first-order chi connectivity index (χ1) is 26.3. The molecule has 5 nitrogen and oxygen atoms in total. The third kappa shape index (κ3) is 5.26. The lowest BCUT2D eigenvalue weighted by atomic mass is 9.94. The molecule has 248 valence electrons. The molecule has 5 aromatic heterocycles. The molecule has 5 heteroatoms.